The van der Waals surface area contributed by atoms with Gasteiger partial charge in [-0.05, 0) is 0 Å². The number of hydrogen-bond acceptors (Lipinski definition) is 0. The summed E-state index contributed by atoms with van der Waals surface area (Å²) in [5.41, 5.74) is 0. The first kappa shape index (κ1) is 21.1. The maximum Gasteiger partial charge on any atom is 3.00 e. The second-order valence-electron chi connectivity index (χ2n) is 0. The average Bonchev–Trinajstić information content (AvgIpc) is 1.00. The molecule has 0 atom stereocenters. The zero-order valence-electron chi connectivity index (χ0n) is 2.86. The van der Waals surface area contributed by atoms with Crippen LogP contribution < -0.4 is 0 Å². The van der Waals surface area contributed by atoms with Crippen molar-refractivity contribution in [3.05, 3.63) is 20.6 Å². The molecule has 0 aromatic heterocycles. The second kappa shape index (κ2) is 43.7. The Bertz CT molecular complexity index is 3.25. The molecule has 0 amide bonds. The van der Waals surface area contributed by atoms with Crippen LogP contribution >= 0.6 is 0 Å². The van der Waals surface area contributed by atoms with Gasteiger partial charge in [0.05, 0.1) is 0 Å². The van der Waals surface area contributed by atoms with Crippen molar-refractivity contribution >= 4 is 0 Å². The van der Waals surface area contributed by atoms with Gasteiger partial charge in [0.2, 0.25) is 0 Å². The molecule has 0 aliphatic carbocycles. The van der Waals surface area contributed by atoms with Crippen molar-refractivity contribution in [2.75, 3.05) is 0 Å². The summed E-state index contributed by atoms with van der Waals surface area (Å²) in [6.45, 7) is 7.00. The molecule has 0 aromatic rings. The molecule has 0 bridgehead atoms. The first-order chi connectivity index (χ1) is 1.00. The summed E-state index contributed by atoms with van der Waals surface area (Å²) < 4.78 is 0. The molecule has 0 heterocycles. The maximum atomic E-state index is 4.25. The molecule has 0 aromatic carbocycles. The molecule has 20 valence electrons. The molecule has 0 N–H and O–H groups in total. The summed E-state index contributed by atoms with van der Waals surface area (Å²) in [6.07, 6.45) is 0. The zero-order chi connectivity index (χ0) is 2.00. The van der Waals surface area contributed by atoms with E-state index in [-0.39, 0.29) is 40.1 Å². The summed E-state index contributed by atoms with van der Waals surface area (Å²) in [7, 11) is 0. The summed E-state index contributed by atoms with van der Waals surface area (Å²) in [5.74, 6) is 0. The predicted octanol–water partition coefficient (Wildman–Crippen LogP) is 1.05. The zero-order valence-corrected chi connectivity index (χ0v) is 5.70. The van der Waals surface area contributed by atoms with Crippen molar-refractivity contribution < 1.29 is 32.7 Å². The van der Waals surface area contributed by atoms with E-state index in [1.807, 2.05) is 0 Å². The van der Waals surface area contributed by atoms with Crippen molar-refractivity contribution in [1.82, 2.24) is 0 Å². The SMILES string of the molecule is [CH-]=C.[CH3-].[Y+3]. The van der Waals surface area contributed by atoms with E-state index in [4.69, 9.17) is 0 Å². The fourth-order valence-corrected chi connectivity index (χ4v) is 0. The van der Waals surface area contributed by atoms with Gasteiger partial charge < -0.3 is 14.0 Å². The van der Waals surface area contributed by atoms with E-state index in [0.29, 0.717) is 0 Å². The topological polar surface area (TPSA) is 0 Å². The van der Waals surface area contributed by atoms with Crippen LogP contribution in [0.2, 0.25) is 0 Å². The third kappa shape index (κ3) is 13.6. The van der Waals surface area contributed by atoms with Crippen LogP contribution in [0, 0.1) is 14.0 Å². The van der Waals surface area contributed by atoms with E-state index in [1.54, 1.807) is 0 Å². The van der Waals surface area contributed by atoms with Gasteiger partial charge in [0, 0.05) is 0 Å². The Morgan fingerprint density at radius 1 is 1.25 bits per heavy atom. The van der Waals surface area contributed by atoms with Gasteiger partial charge in [0.1, 0.15) is 0 Å². The molecule has 0 aliphatic rings. The third-order valence-electron chi connectivity index (χ3n) is 0. The molecule has 0 saturated carbocycles. The third-order valence-corrected chi connectivity index (χ3v) is 0. The van der Waals surface area contributed by atoms with Crippen molar-refractivity contribution in [1.29, 1.82) is 0 Å². The van der Waals surface area contributed by atoms with Gasteiger partial charge >= 0.3 is 32.7 Å². The second-order valence-corrected chi connectivity index (χ2v) is 0. The van der Waals surface area contributed by atoms with Crippen LogP contribution in [0.4, 0.5) is 0 Å². The van der Waals surface area contributed by atoms with Gasteiger partial charge in [0.25, 0.3) is 0 Å². The first-order valence-corrected chi connectivity index (χ1v) is 0.408. The van der Waals surface area contributed by atoms with Gasteiger partial charge in [-0.3, -0.25) is 6.58 Å². The van der Waals surface area contributed by atoms with Crippen molar-refractivity contribution in [2.24, 2.45) is 0 Å². The Balaban J connectivity index is -0.00000000500. The molecular formula is C3H6Y+. The van der Waals surface area contributed by atoms with Crippen LogP contribution in [0.3, 0.4) is 0 Å². The Hall–Kier alpha value is 0.844. The monoisotopic (exact) mass is 131 g/mol. The molecule has 4 heavy (non-hydrogen) atoms. The Labute approximate surface area is 53.2 Å². The molecule has 0 aliphatic heterocycles. The smallest absolute Gasteiger partial charge is 0.521 e. The van der Waals surface area contributed by atoms with Gasteiger partial charge in [-0.2, -0.15) is 0 Å². The van der Waals surface area contributed by atoms with E-state index < -0.39 is 0 Å². The molecule has 0 unspecified atom stereocenters. The minimum Gasteiger partial charge on any atom is -0.521 e. The Morgan fingerprint density at radius 2 is 1.25 bits per heavy atom. The number of hydrogen-bond donors (Lipinski definition) is 0. The molecule has 0 fully saturated rings. The summed E-state index contributed by atoms with van der Waals surface area (Å²) >= 11 is 0. The Kier molecular flexibility index (Phi) is 230. The van der Waals surface area contributed by atoms with E-state index in [1.165, 1.54) is 0 Å². The van der Waals surface area contributed by atoms with Crippen LogP contribution in [0.25, 0.3) is 0 Å². The fraction of sp³-hybridized carbons (Fsp3) is 0. The minimum atomic E-state index is 0. The largest absolute Gasteiger partial charge is 3.00 e. The molecule has 0 spiro atoms. The molecule has 0 saturated heterocycles. The van der Waals surface area contributed by atoms with E-state index in [0.717, 1.165) is 0 Å². The number of rotatable bonds is 0. The van der Waals surface area contributed by atoms with Crippen LogP contribution in [0.15, 0.2) is 6.58 Å². The Morgan fingerprint density at radius 3 is 1.25 bits per heavy atom. The van der Waals surface area contributed by atoms with Crippen LogP contribution in [0.1, 0.15) is 0 Å². The summed E-state index contributed by atoms with van der Waals surface area (Å²) in [5, 5.41) is 0. The normalized spacial score (nSPS) is 1.00. The average molecular weight is 131 g/mol. The van der Waals surface area contributed by atoms with Crippen molar-refractivity contribution in [3.63, 3.8) is 0 Å². The van der Waals surface area contributed by atoms with E-state index in [2.05, 4.69) is 13.2 Å². The predicted molar refractivity (Wildman–Crippen MR) is 16.3 cm³/mol. The summed E-state index contributed by atoms with van der Waals surface area (Å²) in [6, 6.07) is 0. The van der Waals surface area contributed by atoms with Crippen LogP contribution in [-0.4, -0.2) is 0 Å². The van der Waals surface area contributed by atoms with Gasteiger partial charge in [-0.25, -0.2) is 0 Å². The van der Waals surface area contributed by atoms with Crippen molar-refractivity contribution in [2.45, 2.75) is 0 Å². The molecule has 0 radical (unpaired) electrons. The maximum absolute atomic E-state index is 4.25. The molecule has 1 heteroatoms. The van der Waals surface area contributed by atoms with Gasteiger partial charge in [0.15, 0.2) is 0 Å². The van der Waals surface area contributed by atoms with Gasteiger partial charge in [-0.1, -0.05) is 0 Å². The van der Waals surface area contributed by atoms with Crippen molar-refractivity contribution in [3.8, 4) is 0 Å². The first-order valence-electron chi connectivity index (χ1n) is 0.408. The fourth-order valence-electron chi connectivity index (χ4n) is 0. The summed E-state index contributed by atoms with van der Waals surface area (Å²) in [4.78, 5) is 0. The standard InChI is InChI=1S/C2H3.CH3.Y/c1-2;;/h1H,2H2;1H3;/q2*-1;+3. The van der Waals surface area contributed by atoms with E-state index >= 15 is 0 Å². The van der Waals surface area contributed by atoms with Crippen LogP contribution in [0.5, 0.6) is 0 Å². The molecular weight excluding hydrogens is 125 g/mol. The van der Waals surface area contributed by atoms with E-state index in [9.17, 15) is 0 Å². The minimum absolute atomic E-state index is 0. The molecule has 0 nitrogen and oxygen atoms in total. The van der Waals surface area contributed by atoms with Crippen LogP contribution in [-0.2, 0) is 32.7 Å². The quantitative estimate of drug-likeness (QED) is 0.431. The van der Waals surface area contributed by atoms with Gasteiger partial charge in [-0.15, -0.1) is 0 Å². The molecule has 0 rings (SSSR count).